The Bertz CT molecular complexity index is 2060. The van der Waals surface area contributed by atoms with E-state index < -0.39 is 29.6 Å². The highest BCUT2D eigenvalue weighted by molar-refractivity contribution is 6.09. The summed E-state index contributed by atoms with van der Waals surface area (Å²) in [6, 6.07) is 20.5. The third kappa shape index (κ3) is 5.89. The second-order valence-corrected chi connectivity index (χ2v) is 12.5. The summed E-state index contributed by atoms with van der Waals surface area (Å²) in [5, 5.41) is 10.1. The lowest BCUT2D eigenvalue weighted by Crippen LogP contribution is -2.32. The molecule has 0 N–H and O–H groups in total. The molecular weight excluding hydrogens is 625 g/mol. The maximum Gasteiger partial charge on any atom is 0.433 e. The van der Waals surface area contributed by atoms with E-state index in [1.165, 1.54) is 35.3 Å². The van der Waals surface area contributed by atoms with E-state index >= 15 is 0 Å². The summed E-state index contributed by atoms with van der Waals surface area (Å²) in [6.07, 6.45) is -0.765. The van der Waals surface area contributed by atoms with Crippen LogP contribution in [0.15, 0.2) is 95.6 Å². The molecule has 11 heteroatoms. The van der Waals surface area contributed by atoms with Crippen LogP contribution >= 0.6 is 0 Å². The molecule has 2 aliphatic rings. The first-order chi connectivity index (χ1) is 23.0. The lowest BCUT2D eigenvalue weighted by Gasteiger charge is -2.29. The average molecular weight is 656 g/mol. The molecule has 0 bridgehead atoms. The Balaban J connectivity index is 1.32. The van der Waals surface area contributed by atoms with Gasteiger partial charge in [-0.3, -0.25) is 4.79 Å². The molecule has 6 nitrogen and oxygen atoms in total. The number of amides is 1. The largest absolute Gasteiger partial charge is 0.433 e. The molecule has 0 saturated heterocycles. The van der Waals surface area contributed by atoms with E-state index in [2.05, 4.69) is 10.1 Å². The predicted octanol–water partition coefficient (Wildman–Crippen LogP) is 9.25. The number of rotatable bonds is 5. The summed E-state index contributed by atoms with van der Waals surface area (Å²) in [4.78, 5) is 18.7. The molecule has 2 atom stereocenters. The number of hydrogen-bond donors (Lipinski definition) is 0. The van der Waals surface area contributed by atoms with Gasteiger partial charge in [-0.1, -0.05) is 62.4 Å². The second-order valence-electron chi connectivity index (χ2n) is 12.5. The third-order valence-electron chi connectivity index (χ3n) is 8.94. The molecule has 0 spiro atoms. The smallest absolute Gasteiger partial charge is 0.265 e. The number of hydrazone groups is 1. The minimum absolute atomic E-state index is 0.0937. The number of allylic oxidation sites excluding steroid dienone is 1. The van der Waals surface area contributed by atoms with Crippen molar-refractivity contribution in [3.63, 3.8) is 0 Å². The van der Waals surface area contributed by atoms with Gasteiger partial charge in [0.25, 0.3) is 5.91 Å². The molecule has 5 aromatic rings. The van der Waals surface area contributed by atoms with Crippen LogP contribution in [-0.4, -0.2) is 31.2 Å². The van der Waals surface area contributed by atoms with E-state index in [-0.39, 0.29) is 34.7 Å². The van der Waals surface area contributed by atoms with Crippen molar-refractivity contribution in [1.82, 2.24) is 19.6 Å². The zero-order valence-corrected chi connectivity index (χ0v) is 26.0. The molecule has 1 aliphatic heterocycles. The molecule has 48 heavy (non-hydrogen) atoms. The first kappa shape index (κ1) is 31.4. The van der Waals surface area contributed by atoms with Gasteiger partial charge in [0.1, 0.15) is 11.6 Å². The molecule has 3 aromatic carbocycles. The predicted molar refractivity (Wildman–Crippen MR) is 172 cm³/mol. The number of carbonyl (C=O) groups excluding carboxylic acids is 1. The number of hydrogen-bond acceptors (Lipinski definition) is 4. The maximum atomic E-state index is 14.4. The Morgan fingerprint density at radius 1 is 0.917 bits per heavy atom. The molecular formula is C37H30F5N5O. The number of alkyl halides is 3. The SMILES string of the molecule is CC(C)c1ccc(-c2cc(C(F)(F)F)n3nc(C(=O)N4N=C5/C(=C/c6ccc(F)cc6)CCC[C@H]5[C@H]4c4ccc(F)cc4)cc3n2)cc1. The van der Waals surface area contributed by atoms with E-state index in [0.29, 0.717) is 34.2 Å². The van der Waals surface area contributed by atoms with Crippen molar-refractivity contribution in [3.05, 3.63) is 130 Å². The van der Waals surface area contributed by atoms with Gasteiger partial charge in [-0.05, 0) is 83.9 Å². The molecule has 244 valence electrons. The summed E-state index contributed by atoms with van der Waals surface area (Å²) in [7, 11) is 0. The average Bonchev–Trinajstić information content (AvgIpc) is 3.68. The van der Waals surface area contributed by atoms with E-state index in [9.17, 15) is 26.7 Å². The molecule has 1 aliphatic carbocycles. The summed E-state index contributed by atoms with van der Waals surface area (Å²) < 4.78 is 71.4. The highest BCUT2D eigenvalue weighted by Crippen LogP contribution is 2.45. The normalized spacial score (nSPS) is 18.9. The molecule has 1 fully saturated rings. The number of nitrogens with zero attached hydrogens (tertiary/aromatic N) is 5. The van der Waals surface area contributed by atoms with Crippen LogP contribution in [0.5, 0.6) is 0 Å². The van der Waals surface area contributed by atoms with Crippen LogP contribution in [0.25, 0.3) is 23.0 Å². The topological polar surface area (TPSA) is 62.9 Å². The quantitative estimate of drug-likeness (QED) is 0.177. The number of benzene rings is 3. The fourth-order valence-corrected chi connectivity index (χ4v) is 6.51. The van der Waals surface area contributed by atoms with Crippen LogP contribution in [0.4, 0.5) is 22.0 Å². The summed E-state index contributed by atoms with van der Waals surface area (Å²) in [5.74, 6) is -1.54. The van der Waals surface area contributed by atoms with Gasteiger partial charge in [-0.15, -0.1) is 0 Å². The van der Waals surface area contributed by atoms with E-state index in [1.807, 2.05) is 32.1 Å². The van der Waals surface area contributed by atoms with Crippen molar-refractivity contribution >= 4 is 23.3 Å². The van der Waals surface area contributed by atoms with Gasteiger partial charge in [0.2, 0.25) is 0 Å². The number of halogens is 5. The summed E-state index contributed by atoms with van der Waals surface area (Å²) in [5.41, 5.74) is 3.05. The van der Waals surface area contributed by atoms with Crippen molar-refractivity contribution in [2.24, 2.45) is 11.0 Å². The van der Waals surface area contributed by atoms with Gasteiger partial charge in [0, 0.05) is 17.5 Å². The van der Waals surface area contributed by atoms with Crippen molar-refractivity contribution in [3.8, 4) is 11.3 Å². The lowest BCUT2D eigenvalue weighted by atomic mass is 9.77. The van der Waals surface area contributed by atoms with Crippen molar-refractivity contribution in [2.75, 3.05) is 0 Å². The molecule has 0 unspecified atom stereocenters. The van der Waals surface area contributed by atoms with Crippen LogP contribution in [-0.2, 0) is 6.18 Å². The third-order valence-corrected chi connectivity index (χ3v) is 8.94. The minimum Gasteiger partial charge on any atom is -0.265 e. The van der Waals surface area contributed by atoms with Crippen LogP contribution in [0.3, 0.4) is 0 Å². The van der Waals surface area contributed by atoms with E-state index in [4.69, 9.17) is 5.10 Å². The Morgan fingerprint density at radius 3 is 2.23 bits per heavy atom. The number of aromatic nitrogens is 3. The highest BCUT2D eigenvalue weighted by Gasteiger charge is 2.45. The van der Waals surface area contributed by atoms with Crippen LogP contribution in [0, 0.1) is 17.6 Å². The van der Waals surface area contributed by atoms with Crippen molar-refractivity contribution in [2.45, 2.75) is 51.2 Å². The molecule has 2 aromatic heterocycles. The van der Waals surface area contributed by atoms with E-state index in [0.717, 1.165) is 29.2 Å². The van der Waals surface area contributed by atoms with Gasteiger partial charge in [-0.25, -0.2) is 23.3 Å². The molecule has 3 heterocycles. The molecule has 1 saturated carbocycles. The maximum absolute atomic E-state index is 14.4. The monoisotopic (exact) mass is 655 g/mol. The van der Waals surface area contributed by atoms with Gasteiger partial charge in [-0.2, -0.15) is 23.4 Å². The van der Waals surface area contributed by atoms with Gasteiger partial charge in [0.15, 0.2) is 17.0 Å². The Morgan fingerprint density at radius 2 is 1.58 bits per heavy atom. The second kappa shape index (κ2) is 12.1. The number of carbonyl (C=O) groups is 1. The minimum atomic E-state index is -4.79. The molecule has 7 rings (SSSR count). The summed E-state index contributed by atoms with van der Waals surface area (Å²) in [6.45, 7) is 4.05. The van der Waals surface area contributed by atoms with Crippen molar-refractivity contribution in [1.29, 1.82) is 0 Å². The van der Waals surface area contributed by atoms with Gasteiger partial charge in [0.05, 0.1) is 17.4 Å². The first-order valence-electron chi connectivity index (χ1n) is 15.7. The molecule has 0 radical (unpaired) electrons. The fourth-order valence-electron chi connectivity index (χ4n) is 6.51. The number of fused-ring (bicyclic) bond motifs is 2. The Kier molecular flexibility index (Phi) is 7.93. The lowest BCUT2D eigenvalue weighted by molar-refractivity contribution is -0.142. The van der Waals surface area contributed by atoms with Crippen LogP contribution < -0.4 is 0 Å². The fraction of sp³-hybridized carbons (Fsp3) is 0.243. The van der Waals surface area contributed by atoms with Crippen LogP contribution in [0.2, 0.25) is 0 Å². The van der Waals surface area contributed by atoms with Crippen molar-refractivity contribution < 1.29 is 26.7 Å². The zero-order chi connectivity index (χ0) is 33.7. The standard InChI is InChI=1S/C37H30F5N5O/c1-21(2)23-8-10-24(11-9-23)30-19-32(37(40,41)42)46-33(43-30)20-31(44-46)36(48)47-35(25-12-16-28(39)17-13-25)29-5-3-4-26(34(29)45-47)18-22-6-14-27(38)15-7-22/h6-21,29,35H,3-5H2,1-2H3/b26-18+/t29-,35-/m1/s1. The zero-order valence-electron chi connectivity index (χ0n) is 26.0. The van der Waals surface area contributed by atoms with E-state index in [1.54, 1.807) is 36.4 Å². The first-order valence-corrected chi connectivity index (χ1v) is 15.7. The highest BCUT2D eigenvalue weighted by atomic mass is 19.4. The van der Waals surface area contributed by atoms with Gasteiger partial charge >= 0.3 is 6.18 Å². The summed E-state index contributed by atoms with van der Waals surface area (Å²) >= 11 is 0. The van der Waals surface area contributed by atoms with Crippen LogP contribution in [0.1, 0.15) is 77.9 Å². The van der Waals surface area contributed by atoms with Gasteiger partial charge < -0.3 is 0 Å². The Hall–Kier alpha value is -5.19. The molecule has 1 amide bonds. The Labute approximate surface area is 273 Å².